The molecule has 0 unspecified atom stereocenters. The maximum Gasteiger partial charge on any atom is 0.323 e. The maximum atomic E-state index is 14.3. The number of amides is 3. The minimum absolute atomic E-state index is 0.0811. The Labute approximate surface area is 210 Å². The molecule has 0 saturated carbocycles. The van der Waals surface area contributed by atoms with Crippen LogP contribution in [0.1, 0.15) is 30.5 Å². The Morgan fingerprint density at radius 3 is 2.43 bits per heavy atom. The van der Waals surface area contributed by atoms with Crippen LogP contribution in [0, 0.1) is 6.92 Å². The van der Waals surface area contributed by atoms with Gasteiger partial charge in [0.1, 0.15) is 5.75 Å². The van der Waals surface area contributed by atoms with E-state index in [0.29, 0.717) is 24.5 Å². The Kier molecular flexibility index (Phi) is 5.75. The quantitative estimate of drug-likeness (QED) is 0.508. The summed E-state index contributed by atoms with van der Waals surface area (Å²) in [5, 5.41) is 3.00. The molecule has 0 bridgehead atoms. The van der Waals surface area contributed by atoms with Crippen molar-refractivity contribution in [2.75, 3.05) is 23.9 Å². The number of urea groups is 1. The molecule has 3 aromatic carbocycles. The number of carbonyl (C=O) groups excluding carboxylic acids is 2. The molecule has 2 aliphatic heterocycles. The molecule has 1 N–H and O–H groups in total. The van der Waals surface area contributed by atoms with Crippen LogP contribution in [0.15, 0.2) is 72.8 Å². The van der Waals surface area contributed by atoms with Crippen LogP contribution in [0.25, 0.3) is 0 Å². The van der Waals surface area contributed by atoms with Crippen LogP contribution < -0.4 is 15.0 Å². The van der Waals surface area contributed by atoms with Crippen molar-refractivity contribution in [3.8, 4) is 5.75 Å². The number of hydrogen-bond acceptors (Lipinski definition) is 4. The summed E-state index contributed by atoms with van der Waals surface area (Å²) in [7, 11) is 1.60. The van der Waals surface area contributed by atoms with Crippen molar-refractivity contribution in [3.05, 3.63) is 89.5 Å². The number of thioether (sulfide) groups is 1. The fraction of sp³-hybridized carbons (Fsp3) is 0.286. The summed E-state index contributed by atoms with van der Waals surface area (Å²) >= 11 is 1.55. The van der Waals surface area contributed by atoms with Gasteiger partial charge in [0.05, 0.1) is 19.3 Å². The molecule has 7 heteroatoms. The molecule has 5 rings (SSSR count). The number of methoxy groups -OCH3 is 1. The summed E-state index contributed by atoms with van der Waals surface area (Å²) in [6, 6.07) is 22.8. The fourth-order valence-electron chi connectivity index (χ4n) is 4.94. The van der Waals surface area contributed by atoms with Crippen LogP contribution >= 0.6 is 11.8 Å². The summed E-state index contributed by atoms with van der Waals surface area (Å²) in [6.45, 7) is 7.12. The molecule has 0 aliphatic carbocycles. The summed E-state index contributed by atoms with van der Waals surface area (Å²) in [6.07, 6.45) is 0. The fourth-order valence-corrected chi connectivity index (χ4v) is 6.67. The van der Waals surface area contributed by atoms with E-state index < -0.39 is 4.87 Å². The van der Waals surface area contributed by atoms with E-state index in [9.17, 15) is 9.59 Å². The normalized spacial score (nSPS) is 20.3. The van der Waals surface area contributed by atoms with E-state index in [1.807, 2.05) is 41.3 Å². The highest BCUT2D eigenvalue weighted by Crippen LogP contribution is 2.59. The van der Waals surface area contributed by atoms with Gasteiger partial charge in [-0.25, -0.2) is 4.79 Å². The number of nitrogens with one attached hydrogen (secondary N) is 1. The summed E-state index contributed by atoms with van der Waals surface area (Å²) in [5.41, 5.74) is 4.58. The lowest BCUT2D eigenvalue weighted by atomic mass is 10.1. The van der Waals surface area contributed by atoms with Gasteiger partial charge in [-0.1, -0.05) is 42.5 Å². The van der Waals surface area contributed by atoms with Crippen molar-refractivity contribution in [2.45, 2.75) is 36.9 Å². The predicted octanol–water partition coefficient (Wildman–Crippen LogP) is 5.76. The van der Waals surface area contributed by atoms with E-state index in [1.165, 1.54) is 0 Å². The molecule has 2 aliphatic rings. The van der Waals surface area contributed by atoms with Crippen molar-refractivity contribution in [3.63, 3.8) is 0 Å². The minimum Gasteiger partial charge on any atom is -0.497 e. The average molecular weight is 488 g/mol. The van der Waals surface area contributed by atoms with Gasteiger partial charge in [0, 0.05) is 22.5 Å². The van der Waals surface area contributed by atoms with Gasteiger partial charge in [-0.2, -0.15) is 0 Å². The summed E-state index contributed by atoms with van der Waals surface area (Å²) in [5.74, 6) is 0.631. The Bertz CT molecular complexity index is 1290. The van der Waals surface area contributed by atoms with E-state index in [1.54, 1.807) is 48.0 Å². The zero-order valence-corrected chi connectivity index (χ0v) is 21.2. The highest BCUT2D eigenvalue weighted by molar-refractivity contribution is 8.02. The van der Waals surface area contributed by atoms with Gasteiger partial charge in [0.25, 0.3) is 5.91 Å². The van der Waals surface area contributed by atoms with Gasteiger partial charge in [0.2, 0.25) is 0 Å². The Balaban J connectivity index is 1.54. The van der Waals surface area contributed by atoms with Crippen LogP contribution in [-0.2, 0) is 16.2 Å². The second-order valence-corrected chi connectivity index (χ2v) is 11.5. The largest absolute Gasteiger partial charge is 0.497 e. The minimum atomic E-state index is -1.13. The van der Waals surface area contributed by atoms with Crippen LogP contribution in [-0.4, -0.2) is 35.2 Å². The molecule has 35 heavy (non-hydrogen) atoms. The number of rotatable bonds is 4. The summed E-state index contributed by atoms with van der Waals surface area (Å²) in [4.78, 5) is 30.4. The maximum absolute atomic E-state index is 14.3. The van der Waals surface area contributed by atoms with Gasteiger partial charge in [-0.15, -0.1) is 11.8 Å². The first-order valence-electron chi connectivity index (χ1n) is 11.6. The van der Waals surface area contributed by atoms with Crippen molar-refractivity contribution >= 4 is 35.1 Å². The lowest BCUT2D eigenvalue weighted by Crippen LogP contribution is -2.51. The highest BCUT2D eigenvalue weighted by Gasteiger charge is 2.63. The molecule has 1 fully saturated rings. The Morgan fingerprint density at radius 2 is 1.71 bits per heavy atom. The Hall–Kier alpha value is -3.45. The number of aryl methyl sites for hydroxylation is 1. The SMILES string of the molecule is COc1ccc(NC(=O)N2CC(C)(C)S[C@@]23C(=O)N(Cc2ccccc2C)c2ccccc23)cc1. The number of hydrogen-bond donors (Lipinski definition) is 1. The van der Waals surface area contributed by atoms with Gasteiger partial charge >= 0.3 is 6.03 Å². The molecule has 3 amide bonds. The molecule has 3 aromatic rings. The average Bonchev–Trinajstić information content (AvgIpc) is 3.27. The number of nitrogens with zero attached hydrogens (tertiary/aromatic N) is 2. The molecule has 1 spiro atoms. The van der Waals surface area contributed by atoms with Crippen LogP contribution in [0.4, 0.5) is 16.2 Å². The number of anilines is 2. The van der Waals surface area contributed by atoms with Crippen molar-refractivity contribution in [1.29, 1.82) is 0 Å². The van der Waals surface area contributed by atoms with Gasteiger partial charge in [-0.05, 0) is 62.2 Å². The number of fused-ring (bicyclic) bond motifs is 2. The third-order valence-corrected chi connectivity index (χ3v) is 8.21. The molecular formula is C28H29N3O3S. The summed E-state index contributed by atoms with van der Waals surface area (Å²) < 4.78 is 4.92. The lowest BCUT2D eigenvalue weighted by Gasteiger charge is -2.33. The molecule has 2 heterocycles. The van der Waals surface area contributed by atoms with Gasteiger partial charge < -0.3 is 15.0 Å². The standard InChI is InChI=1S/C28H29N3O3S/c1-19-9-5-6-10-20(19)17-30-24-12-8-7-11-23(24)28(25(30)32)31(18-27(2,3)35-28)26(33)29-21-13-15-22(34-4)16-14-21/h5-16H,17-18H2,1-4H3,(H,29,33)/t28-/m0/s1. The van der Waals surface area contributed by atoms with E-state index in [2.05, 4.69) is 38.2 Å². The number of benzene rings is 3. The second kappa shape index (κ2) is 8.64. The van der Waals surface area contributed by atoms with Crippen LogP contribution in [0.3, 0.4) is 0 Å². The van der Waals surface area contributed by atoms with E-state index in [-0.39, 0.29) is 16.7 Å². The topological polar surface area (TPSA) is 61.9 Å². The molecular weight excluding hydrogens is 458 g/mol. The first-order chi connectivity index (χ1) is 16.7. The van der Waals surface area contributed by atoms with Crippen molar-refractivity contribution in [2.24, 2.45) is 0 Å². The van der Waals surface area contributed by atoms with E-state index in [4.69, 9.17) is 4.74 Å². The molecule has 0 aromatic heterocycles. The van der Waals surface area contributed by atoms with Gasteiger partial charge in [-0.3, -0.25) is 9.69 Å². The molecule has 6 nitrogen and oxygen atoms in total. The molecule has 1 saturated heterocycles. The van der Waals surface area contributed by atoms with Gasteiger partial charge in [0.15, 0.2) is 4.87 Å². The third kappa shape index (κ3) is 3.93. The monoisotopic (exact) mass is 487 g/mol. The Morgan fingerprint density at radius 1 is 1.03 bits per heavy atom. The highest BCUT2D eigenvalue weighted by atomic mass is 32.2. The number of carbonyl (C=O) groups is 2. The van der Waals surface area contributed by atoms with E-state index >= 15 is 0 Å². The van der Waals surface area contributed by atoms with Crippen molar-refractivity contribution < 1.29 is 14.3 Å². The second-order valence-electron chi connectivity index (χ2n) is 9.59. The predicted molar refractivity (Wildman–Crippen MR) is 141 cm³/mol. The van der Waals surface area contributed by atoms with Crippen molar-refractivity contribution in [1.82, 2.24) is 4.90 Å². The molecule has 180 valence electrons. The molecule has 0 radical (unpaired) electrons. The first-order valence-corrected chi connectivity index (χ1v) is 12.5. The van der Waals surface area contributed by atoms with Crippen LogP contribution in [0.5, 0.6) is 5.75 Å². The number of ether oxygens (including phenoxy) is 1. The lowest BCUT2D eigenvalue weighted by molar-refractivity contribution is -0.123. The smallest absolute Gasteiger partial charge is 0.323 e. The zero-order valence-electron chi connectivity index (χ0n) is 20.4. The zero-order chi connectivity index (χ0) is 24.8. The third-order valence-electron chi connectivity index (χ3n) is 6.61. The number of para-hydroxylation sites is 1. The van der Waals surface area contributed by atoms with Crippen LogP contribution in [0.2, 0.25) is 0 Å². The first kappa shape index (κ1) is 23.3. The van der Waals surface area contributed by atoms with E-state index in [0.717, 1.165) is 22.4 Å². The molecule has 1 atom stereocenters.